The van der Waals surface area contributed by atoms with Crippen molar-refractivity contribution in [2.75, 3.05) is 13.1 Å². The fourth-order valence-electron chi connectivity index (χ4n) is 4.39. The van der Waals surface area contributed by atoms with Gasteiger partial charge in [0.2, 0.25) is 0 Å². The number of fused-ring (bicyclic) bond motifs is 1. The normalized spacial score (nSPS) is 27.7. The number of carbonyl (C=O) groups is 2. The van der Waals surface area contributed by atoms with Crippen LogP contribution >= 0.6 is 0 Å². The van der Waals surface area contributed by atoms with Gasteiger partial charge < -0.3 is 9.64 Å². The molecule has 0 bridgehead atoms. The van der Waals surface area contributed by atoms with Crippen LogP contribution in [0, 0.1) is 17.2 Å². The highest BCUT2D eigenvalue weighted by atomic mass is 19.1. The number of dihydropyridines is 1. The third-order valence-electron chi connectivity index (χ3n) is 6.01. The largest absolute Gasteiger partial charge is 0.444 e. The second kappa shape index (κ2) is 8.89. The summed E-state index contributed by atoms with van der Waals surface area (Å²) in [6, 6.07) is 11.2. The number of likely N-dealkylation sites (tertiary alicyclic amines) is 1. The first-order valence-corrected chi connectivity index (χ1v) is 11.1. The van der Waals surface area contributed by atoms with Gasteiger partial charge in [-0.05, 0) is 45.4 Å². The van der Waals surface area contributed by atoms with Crippen molar-refractivity contribution in [2.45, 2.75) is 50.9 Å². The number of aliphatic imine (C=N–C) groups is 2. The van der Waals surface area contributed by atoms with E-state index in [4.69, 9.17) is 4.74 Å². The monoisotopic (exact) mass is 466 g/mol. The zero-order chi connectivity index (χ0) is 24.5. The Morgan fingerprint density at radius 2 is 2.12 bits per heavy atom. The molecule has 3 aliphatic rings. The third kappa shape index (κ3) is 4.38. The van der Waals surface area contributed by atoms with Crippen molar-refractivity contribution in [3.8, 4) is 6.07 Å². The highest BCUT2D eigenvalue weighted by Gasteiger charge is 2.55. The molecule has 0 aromatic heterocycles. The maximum Gasteiger partial charge on any atom is 0.410 e. The summed E-state index contributed by atoms with van der Waals surface area (Å²) < 4.78 is 21.3. The maximum absolute atomic E-state index is 15.9. The summed E-state index contributed by atoms with van der Waals surface area (Å²) in [6.07, 6.45) is 0.820. The predicted octanol–water partition coefficient (Wildman–Crippen LogP) is 3.28. The average molecular weight is 467 g/mol. The van der Waals surface area contributed by atoms with Crippen molar-refractivity contribution in [1.82, 2.24) is 15.3 Å². The van der Waals surface area contributed by atoms with Crippen molar-refractivity contribution in [3.05, 3.63) is 42.1 Å². The topological polar surface area (TPSA) is 110 Å². The smallest absolute Gasteiger partial charge is 0.410 e. The first-order valence-electron chi connectivity index (χ1n) is 11.1. The Balaban J connectivity index is 1.66. The molecule has 0 saturated carbocycles. The minimum atomic E-state index is -1.59. The number of carbonyl (C=O) groups excluding carboxylic acids is 2. The third-order valence-corrected chi connectivity index (χ3v) is 6.01. The van der Waals surface area contributed by atoms with Crippen LogP contribution in [0.5, 0.6) is 0 Å². The molecule has 3 aliphatic heterocycles. The number of nitrogens with one attached hydrogen (secondary N) is 1. The second-order valence-electron chi connectivity index (χ2n) is 9.50. The number of rotatable bonds is 3. The molecule has 34 heavy (non-hydrogen) atoms. The highest BCUT2D eigenvalue weighted by molar-refractivity contribution is 6.12. The van der Waals surface area contributed by atoms with E-state index in [-0.39, 0.29) is 25.9 Å². The maximum atomic E-state index is 15.9. The van der Waals surface area contributed by atoms with Crippen molar-refractivity contribution in [3.63, 3.8) is 0 Å². The molecule has 1 unspecified atom stereocenters. The molecule has 0 radical (unpaired) electrons. The van der Waals surface area contributed by atoms with Gasteiger partial charge in [-0.2, -0.15) is 5.26 Å². The van der Waals surface area contributed by atoms with Gasteiger partial charge in [-0.25, -0.2) is 19.2 Å². The fraction of sp³-hybridized carbons (Fsp3) is 0.458. The van der Waals surface area contributed by atoms with Crippen LogP contribution < -0.4 is 5.43 Å². The van der Waals surface area contributed by atoms with E-state index in [1.54, 1.807) is 44.0 Å². The van der Waals surface area contributed by atoms with Crippen LogP contribution in [0.3, 0.4) is 0 Å². The zero-order valence-corrected chi connectivity index (χ0v) is 19.4. The lowest BCUT2D eigenvalue weighted by molar-refractivity contribution is -0.119. The Bertz CT molecular complexity index is 1100. The number of hydrogen-bond donors (Lipinski definition) is 1. The van der Waals surface area contributed by atoms with Gasteiger partial charge in [-0.15, -0.1) is 0 Å². The summed E-state index contributed by atoms with van der Waals surface area (Å²) in [4.78, 5) is 35.0. The molecular weight excluding hydrogens is 439 g/mol. The summed E-state index contributed by atoms with van der Waals surface area (Å²) in [5.41, 5.74) is 2.20. The van der Waals surface area contributed by atoms with E-state index in [2.05, 4.69) is 21.5 Å². The number of hydrogen-bond acceptors (Lipinski definition) is 6. The van der Waals surface area contributed by atoms with Crippen molar-refractivity contribution >= 4 is 29.7 Å². The van der Waals surface area contributed by atoms with Crippen LogP contribution in [-0.2, 0) is 9.53 Å². The molecule has 2 amide bonds. The summed E-state index contributed by atoms with van der Waals surface area (Å²) in [5.74, 6) is -0.925. The van der Waals surface area contributed by atoms with Crippen molar-refractivity contribution < 1.29 is 18.7 Å². The molecule has 9 nitrogen and oxygen atoms in total. The van der Waals surface area contributed by atoms with Crippen LogP contribution in [0.15, 0.2) is 52.1 Å². The number of ether oxygens (including phenoxy) is 1. The molecular formula is C24H27FN6O3. The molecule has 1 aromatic rings. The lowest BCUT2D eigenvalue weighted by atomic mass is 9.81. The summed E-state index contributed by atoms with van der Waals surface area (Å²) >= 11 is 0. The van der Waals surface area contributed by atoms with Crippen LogP contribution in [0.2, 0.25) is 0 Å². The Hall–Kier alpha value is -3.74. The number of allylic oxidation sites excluding steroid dienone is 1. The van der Waals surface area contributed by atoms with Crippen molar-refractivity contribution in [2.24, 2.45) is 15.9 Å². The molecule has 178 valence electrons. The Labute approximate surface area is 197 Å². The Kier molecular flexibility index (Phi) is 6.13. The molecule has 4 rings (SSSR count). The van der Waals surface area contributed by atoms with Crippen LogP contribution in [0.4, 0.5) is 14.9 Å². The number of alkyl halides is 1. The molecule has 10 heteroatoms. The Morgan fingerprint density at radius 1 is 1.38 bits per heavy atom. The van der Waals surface area contributed by atoms with Crippen LogP contribution in [-0.4, -0.2) is 64.4 Å². The molecule has 2 fully saturated rings. The Morgan fingerprint density at radius 3 is 2.76 bits per heavy atom. The standard InChI is InChI=1S/C24H27FN6O3/c1-23(2,3)34-22(33)30-14-11-24(10-12-26,18(25)15-30)31-17-9-13-27-21(32)19(17)20(29-31)28-16-7-5-4-6-8-16/h4-9,13,18-19H,10-11,14-15H2,1-3H3,(H,28,29)/t18-,19?,24+/m1/s1. The average Bonchev–Trinajstić information content (AvgIpc) is 3.15. The predicted molar refractivity (Wildman–Crippen MR) is 124 cm³/mol. The minimum Gasteiger partial charge on any atom is -0.444 e. The van der Waals surface area contributed by atoms with Gasteiger partial charge >= 0.3 is 6.09 Å². The number of amidine groups is 1. The van der Waals surface area contributed by atoms with Gasteiger partial charge in [0.05, 0.1) is 30.4 Å². The van der Waals surface area contributed by atoms with Crippen molar-refractivity contribution in [1.29, 1.82) is 5.26 Å². The molecule has 0 spiro atoms. The lowest BCUT2D eigenvalue weighted by Crippen LogP contribution is -2.65. The van der Waals surface area contributed by atoms with E-state index in [1.807, 2.05) is 18.2 Å². The summed E-state index contributed by atoms with van der Waals surface area (Å²) in [5, 5.41) is 11.2. The van der Waals surface area contributed by atoms with Gasteiger partial charge in [0.25, 0.3) is 5.91 Å². The van der Waals surface area contributed by atoms with Gasteiger partial charge in [-0.1, -0.05) is 18.2 Å². The highest BCUT2D eigenvalue weighted by Crippen LogP contribution is 2.41. The van der Waals surface area contributed by atoms with E-state index in [1.165, 1.54) is 11.1 Å². The molecule has 3 atom stereocenters. The van der Waals surface area contributed by atoms with Crippen LogP contribution in [0.1, 0.15) is 33.6 Å². The second-order valence-corrected chi connectivity index (χ2v) is 9.50. The van der Waals surface area contributed by atoms with E-state index in [0.29, 0.717) is 17.2 Å². The van der Waals surface area contributed by atoms with Gasteiger partial charge in [0.1, 0.15) is 29.1 Å². The van der Waals surface area contributed by atoms with Crippen LogP contribution in [0.25, 0.3) is 0 Å². The number of nitriles is 1. The molecule has 2 saturated heterocycles. The summed E-state index contributed by atoms with van der Waals surface area (Å²) in [7, 11) is 0. The molecule has 3 heterocycles. The molecule has 1 N–H and O–H groups in total. The molecule has 1 aromatic carbocycles. The number of hydrazine groups is 1. The van der Waals surface area contributed by atoms with Gasteiger partial charge in [0.15, 0.2) is 0 Å². The number of nitrogens with zero attached hydrogens (tertiary/aromatic N) is 5. The lowest BCUT2D eigenvalue weighted by Gasteiger charge is -2.49. The van der Waals surface area contributed by atoms with Gasteiger partial charge in [-0.3, -0.25) is 15.2 Å². The number of benzene rings is 1. The first-order chi connectivity index (χ1) is 16.1. The molecule has 0 aliphatic carbocycles. The van der Waals surface area contributed by atoms with E-state index >= 15 is 4.39 Å². The number of halogens is 1. The summed E-state index contributed by atoms with van der Waals surface area (Å²) in [6.45, 7) is 5.20. The van der Waals surface area contributed by atoms with E-state index in [0.717, 1.165) is 0 Å². The SMILES string of the molecule is CC(C)(C)OC(=O)N1CC[C@](CC#N)(N2NC(=Nc3ccccc3)C3C(=O)N=CC=C32)[C@H](F)C1. The number of para-hydroxylation sites is 1. The first kappa shape index (κ1) is 23.4. The van der Waals surface area contributed by atoms with E-state index in [9.17, 15) is 14.9 Å². The number of amides is 2. The minimum absolute atomic E-state index is 0.155. The van der Waals surface area contributed by atoms with Gasteiger partial charge in [0, 0.05) is 12.8 Å². The van der Waals surface area contributed by atoms with E-state index < -0.39 is 35.2 Å². The quantitative estimate of drug-likeness (QED) is 0.732. The zero-order valence-electron chi connectivity index (χ0n) is 19.4. The fourth-order valence-corrected chi connectivity index (χ4v) is 4.39. The number of piperidine rings is 1.